The van der Waals surface area contributed by atoms with Crippen LogP contribution >= 0.6 is 0 Å². The molecule has 0 unspecified atom stereocenters. The Morgan fingerprint density at radius 2 is 2.03 bits per heavy atom. The molecule has 0 radical (unpaired) electrons. The number of aromatic nitrogens is 1. The first-order chi connectivity index (χ1) is 15.4. The van der Waals surface area contributed by atoms with E-state index in [9.17, 15) is 14.0 Å². The minimum absolute atomic E-state index is 0.208. The third-order valence-electron chi connectivity index (χ3n) is 4.98. The summed E-state index contributed by atoms with van der Waals surface area (Å²) in [5, 5.41) is 6.39. The van der Waals surface area contributed by atoms with Crippen LogP contribution in [0.25, 0.3) is 11.1 Å². The van der Waals surface area contributed by atoms with Gasteiger partial charge in [-0.1, -0.05) is 24.3 Å². The molecule has 1 aliphatic heterocycles. The molecule has 4 rings (SSSR count). The van der Waals surface area contributed by atoms with Crippen LogP contribution in [0.4, 0.5) is 14.9 Å². The zero-order valence-electron chi connectivity index (χ0n) is 17.6. The molecule has 2 amide bonds. The summed E-state index contributed by atoms with van der Waals surface area (Å²) >= 11 is 0. The summed E-state index contributed by atoms with van der Waals surface area (Å²) in [7, 11) is 0. The van der Waals surface area contributed by atoms with Gasteiger partial charge in [0.25, 0.3) is 5.88 Å². The first-order valence-corrected chi connectivity index (χ1v) is 10.1. The van der Waals surface area contributed by atoms with E-state index in [1.165, 1.54) is 17.9 Å². The average Bonchev–Trinajstić information content (AvgIpc) is 3.36. The lowest BCUT2D eigenvalue weighted by molar-refractivity contribution is -0.119. The third-order valence-corrected chi connectivity index (χ3v) is 4.98. The molecule has 8 nitrogen and oxygen atoms in total. The molecule has 3 aromatic rings. The predicted molar refractivity (Wildman–Crippen MR) is 114 cm³/mol. The van der Waals surface area contributed by atoms with Crippen molar-refractivity contribution in [3.63, 3.8) is 0 Å². The molecule has 1 fully saturated rings. The Bertz CT molecular complexity index is 1130. The molecule has 1 aliphatic rings. The molecule has 2 aromatic carbocycles. The largest absolute Gasteiger partial charge is 0.471 e. The number of hydrogen-bond donors (Lipinski definition) is 1. The quantitative estimate of drug-likeness (QED) is 0.601. The maximum Gasteiger partial charge on any atom is 0.414 e. The van der Waals surface area contributed by atoms with Crippen LogP contribution < -0.4 is 15.0 Å². The van der Waals surface area contributed by atoms with Crippen LogP contribution in [0.2, 0.25) is 0 Å². The van der Waals surface area contributed by atoms with Crippen molar-refractivity contribution in [1.29, 1.82) is 0 Å². The summed E-state index contributed by atoms with van der Waals surface area (Å²) in [6.07, 6.45) is -1.05. The van der Waals surface area contributed by atoms with Gasteiger partial charge >= 0.3 is 6.09 Å². The standard InChI is InChI=1S/C23H22FN3O5/c1-14-9-22(26-32-14)30-13-16-3-5-17(6-4-16)20-8-7-18(10-21(20)24)27-12-19(31-23(27)29)11-25-15(2)28/h3-10,19H,11-13H2,1-2H3,(H,25,28)/t19-/m0/s1. The number of cyclic esters (lactones) is 1. The summed E-state index contributed by atoms with van der Waals surface area (Å²) in [5.74, 6) is 0.413. The number of rotatable bonds is 7. The molecule has 166 valence electrons. The Morgan fingerprint density at radius 1 is 1.25 bits per heavy atom. The monoisotopic (exact) mass is 439 g/mol. The van der Waals surface area contributed by atoms with Crippen LogP contribution in [-0.4, -0.2) is 36.4 Å². The smallest absolute Gasteiger partial charge is 0.414 e. The maximum absolute atomic E-state index is 14.9. The number of hydrogen-bond acceptors (Lipinski definition) is 6. The number of aryl methyl sites for hydroxylation is 1. The van der Waals surface area contributed by atoms with Crippen LogP contribution in [0.5, 0.6) is 5.88 Å². The number of amides is 2. The summed E-state index contributed by atoms with van der Waals surface area (Å²) in [6, 6.07) is 13.6. The summed E-state index contributed by atoms with van der Waals surface area (Å²) in [4.78, 5) is 24.5. The average molecular weight is 439 g/mol. The second-order valence-corrected chi connectivity index (χ2v) is 7.48. The summed E-state index contributed by atoms with van der Waals surface area (Å²) in [5.41, 5.74) is 2.41. The molecule has 1 aromatic heterocycles. The van der Waals surface area contributed by atoms with Crippen molar-refractivity contribution in [1.82, 2.24) is 10.5 Å². The van der Waals surface area contributed by atoms with E-state index >= 15 is 0 Å². The fourth-order valence-corrected chi connectivity index (χ4v) is 3.35. The summed E-state index contributed by atoms with van der Waals surface area (Å²) in [6.45, 7) is 3.93. The van der Waals surface area contributed by atoms with Gasteiger partial charge in [0.2, 0.25) is 5.91 Å². The van der Waals surface area contributed by atoms with Crippen molar-refractivity contribution >= 4 is 17.7 Å². The maximum atomic E-state index is 14.9. The fraction of sp³-hybridized carbons (Fsp3) is 0.261. The highest BCUT2D eigenvalue weighted by Crippen LogP contribution is 2.29. The van der Waals surface area contributed by atoms with Gasteiger partial charge in [-0.25, -0.2) is 9.18 Å². The molecule has 0 spiro atoms. The minimum Gasteiger partial charge on any atom is -0.471 e. The molecular formula is C23H22FN3O5. The number of carbonyl (C=O) groups is 2. The molecule has 0 aliphatic carbocycles. The van der Waals surface area contributed by atoms with E-state index in [0.717, 1.165) is 5.56 Å². The number of ether oxygens (including phenoxy) is 2. The van der Waals surface area contributed by atoms with E-state index in [-0.39, 0.29) is 19.0 Å². The lowest BCUT2D eigenvalue weighted by atomic mass is 10.0. The van der Waals surface area contributed by atoms with Crippen LogP contribution in [0.3, 0.4) is 0 Å². The molecule has 1 atom stereocenters. The molecule has 2 heterocycles. The predicted octanol–water partition coefficient (Wildman–Crippen LogP) is 3.83. The third kappa shape index (κ3) is 4.88. The van der Waals surface area contributed by atoms with Crippen LogP contribution in [0, 0.1) is 12.7 Å². The van der Waals surface area contributed by atoms with Gasteiger partial charge in [-0.15, -0.1) is 0 Å². The van der Waals surface area contributed by atoms with Gasteiger partial charge in [0.1, 0.15) is 24.3 Å². The van der Waals surface area contributed by atoms with Crippen molar-refractivity contribution in [2.24, 2.45) is 0 Å². The van der Waals surface area contributed by atoms with E-state index in [4.69, 9.17) is 14.0 Å². The van der Waals surface area contributed by atoms with Crippen molar-refractivity contribution < 1.29 is 28.0 Å². The summed E-state index contributed by atoms with van der Waals surface area (Å²) < 4.78 is 30.6. The molecule has 0 bridgehead atoms. The van der Waals surface area contributed by atoms with E-state index in [2.05, 4.69) is 10.5 Å². The Balaban J connectivity index is 1.41. The first kappa shape index (κ1) is 21.4. The topological polar surface area (TPSA) is 93.9 Å². The van der Waals surface area contributed by atoms with Crippen molar-refractivity contribution in [2.45, 2.75) is 26.6 Å². The van der Waals surface area contributed by atoms with E-state index < -0.39 is 18.0 Å². The van der Waals surface area contributed by atoms with E-state index in [1.807, 2.05) is 12.1 Å². The molecule has 9 heteroatoms. The number of anilines is 1. The van der Waals surface area contributed by atoms with Gasteiger partial charge in [-0.2, -0.15) is 0 Å². The Labute approximate surface area is 183 Å². The number of benzene rings is 2. The zero-order valence-corrected chi connectivity index (χ0v) is 17.6. The molecule has 1 saturated heterocycles. The highest BCUT2D eigenvalue weighted by atomic mass is 19.1. The molecular weight excluding hydrogens is 417 g/mol. The normalized spacial score (nSPS) is 15.5. The zero-order chi connectivity index (χ0) is 22.7. The Morgan fingerprint density at radius 3 is 2.69 bits per heavy atom. The van der Waals surface area contributed by atoms with Crippen molar-refractivity contribution in [2.75, 3.05) is 18.0 Å². The lowest BCUT2D eigenvalue weighted by Gasteiger charge is -2.14. The SMILES string of the molecule is CC(=O)NC[C@H]1CN(c2ccc(-c3ccc(COc4cc(C)on4)cc3)c(F)c2)C(=O)O1. The number of nitrogens with zero attached hydrogens (tertiary/aromatic N) is 2. The molecule has 1 N–H and O–H groups in total. The van der Waals surface area contributed by atoms with Gasteiger partial charge in [0.05, 0.1) is 18.8 Å². The number of nitrogens with one attached hydrogen (secondary N) is 1. The number of halogens is 1. The Hall–Kier alpha value is -3.88. The second-order valence-electron chi connectivity index (χ2n) is 7.48. The van der Waals surface area contributed by atoms with Gasteiger partial charge in [0.15, 0.2) is 0 Å². The fourth-order valence-electron chi connectivity index (χ4n) is 3.35. The Kier molecular flexibility index (Phi) is 6.07. The van der Waals surface area contributed by atoms with Gasteiger partial charge in [-0.05, 0) is 41.4 Å². The van der Waals surface area contributed by atoms with E-state index in [0.29, 0.717) is 35.1 Å². The van der Waals surface area contributed by atoms with Gasteiger partial charge in [0, 0.05) is 18.6 Å². The van der Waals surface area contributed by atoms with Crippen molar-refractivity contribution in [3.05, 3.63) is 65.7 Å². The second kappa shape index (κ2) is 9.09. The molecule has 0 saturated carbocycles. The van der Waals surface area contributed by atoms with Gasteiger partial charge < -0.3 is 19.3 Å². The highest BCUT2D eigenvalue weighted by molar-refractivity contribution is 5.90. The van der Waals surface area contributed by atoms with Crippen LogP contribution in [0.15, 0.2) is 53.1 Å². The number of carbonyl (C=O) groups excluding carboxylic acids is 2. The first-order valence-electron chi connectivity index (χ1n) is 10.1. The van der Waals surface area contributed by atoms with Crippen LogP contribution in [0.1, 0.15) is 18.2 Å². The lowest BCUT2D eigenvalue weighted by Crippen LogP contribution is -2.33. The van der Waals surface area contributed by atoms with Crippen molar-refractivity contribution in [3.8, 4) is 17.0 Å². The van der Waals surface area contributed by atoms with Crippen LogP contribution in [-0.2, 0) is 16.1 Å². The minimum atomic E-state index is -0.570. The molecule has 32 heavy (non-hydrogen) atoms. The highest BCUT2D eigenvalue weighted by Gasteiger charge is 2.32. The van der Waals surface area contributed by atoms with Gasteiger partial charge in [-0.3, -0.25) is 9.69 Å². The van der Waals surface area contributed by atoms with E-state index in [1.54, 1.807) is 37.3 Å².